The maximum atomic E-state index is 12.6. The summed E-state index contributed by atoms with van der Waals surface area (Å²) in [6.07, 6.45) is 3.63. The van der Waals surface area contributed by atoms with E-state index in [2.05, 4.69) is 9.97 Å². The Morgan fingerprint density at radius 1 is 1.40 bits per heavy atom. The Bertz CT molecular complexity index is 733. The van der Waals surface area contributed by atoms with E-state index in [9.17, 15) is 4.79 Å². The molecule has 0 radical (unpaired) electrons. The van der Waals surface area contributed by atoms with Crippen LogP contribution in [0.4, 0.5) is 5.69 Å². The summed E-state index contributed by atoms with van der Waals surface area (Å²) in [5, 5.41) is 0. The van der Waals surface area contributed by atoms with Gasteiger partial charge in [-0.05, 0) is 30.7 Å². The third-order valence-electron chi connectivity index (χ3n) is 4.30. The van der Waals surface area contributed by atoms with Gasteiger partial charge in [0.2, 0.25) is 5.91 Å². The van der Waals surface area contributed by atoms with Crippen molar-refractivity contribution in [2.45, 2.75) is 19.4 Å². The Hall–Kier alpha value is -2.47. The van der Waals surface area contributed by atoms with E-state index in [1.54, 1.807) is 12.4 Å². The molecule has 1 fully saturated rings. The zero-order valence-electron chi connectivity index (χ0n) is 15.0. The smallest absolute Gasteiger partial charge is 0.227 e. The molecule has 2 aromatic heterocycles. The first kappa shape index (κ1) is 17.4. The SMILES string of the molecule is Cc1cc(N(C)C)cc([C@H]2CN(C(=O)Cc3cccnc3)CCO2)n1. The maximum Gasteiger partial charge on any atom is 0.227 e. The van der Waals surface area contributed by atoms with Crippen LogP contribution in [0.3, 0.4) is 0 Å². The number of carbonyl (C=O) groups is 1. The molecule has 1 aliphatic rings. The summed E-state index contributed by atoms with van der Waals surface area (Å²) < 4.78 is 5.90. The van der Waals surface area contributed by atoms with E-state index < -0.39 is 0 Å². The molecule has 2 aromatic rings. The molecular formula is C19H24N4O2. The second-order valence-electron chi connectivity index (χ2n) is 6.52. The lowest BCUT2D eigenvalue weighted by molar-refractivity contribution is -0.138. The number of aromatic nitrogens is 2. The summed E-state index contributed by atoms with van der Waals surface area (Å²) in [6.45, 7) is 3.64. The van der Waals surface area contributed by atoms with Crippen molar-refractivity contribution in [2.75, 3.05) is 38.7 Å². The van der Waals surface area contributed by atoms with Gasteiger partial charge in [0.05, 0.1) is 25.3 Å². The Labute approximate surface area is 148 Å². The Kier molecular flexibility index (Phi) is 5.28. The van der Waals surface area contributed by atoms with Crippen LogP contribution < -0.4 is 4.90 Å². The van der Waals surface area contributed by atoms with Crippen LogP contribution in [-0.2, 0) is 16.0 Å². The van der Waals surface area contributed by atoms with Gasteiger partial charge in [-0.3, -0.25) is 14.8 Å². The molecule has 6 nitrogen and oxygen atoms in total. The van der Waals surface area contributed by atoms with Gasteiger partial charge < -0.3 is 14.5 Å². The number of rotatable bonds is 4. The van der Waals surface area contributed by atoms with E-state index in [4.69, 9.17) is 4.74 Å². The molecule has 1 atom stereocenters. The molecular weight excluding hydrogens is 316 g/mol. The van der Waals surface area contributed by atoms with E-state index in [0.29, 0.717) is 26.1 Å². The van der Waals surface area contributed by atoms with E-state index in [1.807, 2.05) is 55.1 Å². The highest BCUT2D eigenvalue weighted by atomic mass is 16.5. The van der Waals surface area contributed by atoms with Crippen LogP contribution in [0, 0.1) is 6.92 Å². The fraction of sp³-hybridized carbons (Fsp3) is 0.421. The molecule has 0 bridgehead atoms. The average Bonchev–Trinajstić information content (AvgIpc) is 2.62. The molecule has 0 spiro atoms. The molecule has 132 valence electrons. The first-order chi connectivity index (χ1) is 12.0. The highest BCUT2D eigenvalue weighted by Gasteiger charge is 2.26. The molecule has 0 N–H and O–H groups in total. The van der Waals surface area contributed by atoms with Gasteiger partial charge in [0, 0.05) is 44.4 Å². The van der Waals surface area contributed by atoms with Crippen LogP contribution in [0.5, 0.6) is 0 Å². The van der Waals surface area contributed by atoms with Crippen LogP contribution in [0.25, 0.3) is 0 Å². The van der Waals surface area contributed by atoms with Gasteiger partial charge in [0.25, 0.3) is 0 Å². The van der Waals surface area contributed by atoms with Gasteiger partial charge in [-0.15, -0.1) is 0 Å². The second kappa shape index (κ2) is 7.61. The van der Waals surface area contributed by atoms with Crippen molar-refractivity contribution in [1.82, 2.24) is 14.9 Å². The van der Waals surface area contributed by atoms with Crippen LogP contribution in [0.2, 0.25) is 0 Å². The summed E-state index contributed by atoms with van der Waals surface area (Å²) in [7, 11) is 4.01. The van der Waals surface area contributed by atoms with Gasteiger partial charge in [-0.25, -0.2) is 0 Å². The quantitative estimate of drug-likeness (QED) is 0.852. The van der Waals surface area contributed by atoms with E-state index >= 15 is 0 Å². The second-order valence-corrected chi connectivity index (χ2v) is 6.52. The Balaban J connectivity index is 1.72. The zero-order chi connectivity index (χ0) is 17.8. The molecule has 1 amide bonds. The highest BCUT2D eigenvalue weighted by molar-refractivity contribution is 5.78. The van der Waals surface area contributed by atoms with Crippen LogP contribution in [0.15, 0.2) is 36.7 Å². The van der Waals surface area contributed by atoms with Gasteiger partial charge in [0.1, 0.15) is 6.10 Å². The molecule has 6 heteroatoms. The highest BCUT2D eigenvalue weighted by Crippen LogP contribution is 2.25. The molecule has 0 aromatic carbocycles. The third kappa shape index (κ3) is 4.33. The van der Waals surface area contributed by atoms with Gasteiger partial charge in [0.15, 0.2) is 0 Å². The van der Waals surface area contributed by atoms with Gasteiger partial charge in [-0.1, -0.05) is 6.07 Å². The van der Waals surface area contributed by atoms with Gasteiger partial charge in [-0.2, -0.15) is 0 Å². The molecule has 0 aliphatic carbocycles. The molecule has 1 aliphatic heterocycles. The minimum atomic E-state index is -0.190. The van der Waals surface area contributed by atoms with Crippen molar-refractivity contribution in [2.24, 2.45) is 0 Å². The van der Waals surface area contributed by atoms with Crippen molar-refractivity contribution in [3.63, 3.8) is 0 Å². The number of nitrogens with zero attached hydrogens (tertiary/aromatic N) is 4. The lowest BCUT2D eigenvalue weighted by Crippen LogP contribution is -2.43. The standard InChI is InChI=1S/C19H24N4O2/c1-14-9-16(22(2)3)11-17(21-14)18-13-23(7-8-25-18)19(24)10-15-5-4-6-20-12-15/h4-6,9,11-12,18H,7-8,10,13H2,1-3H3/t18-/m1/s1. The topological polar surface area (TPSA) is 58.6 Å². The number of hydrogen-bond donors (Lipinski definition) is 0. The molecule has 0 unspecified atom stereocenters. The number of ether oxygens (including phenoxy) is 1. The summed E-state index contributed by atoms with van der Waals surface area (Å²) in [5.74, 6) is 0.0989. The van der Waals surface area contributed by atoms with E-state index in [1.165, 1.54) is 0 Å². The Morgan fingerprint density at radius 3 is 2.96 bits per heavy atom. The molecule has 3 heterocycles. The number of pyridine rings is 2. The van der Waals surface area contributed by atoms with Crippen LogP contribution in [0.1, 0.15) is 23.1 Å². The molecule has 25 heavy (non-hydrogen) atoms. The lowest BCUT2D eigenvalue weighted by atomic mass is 10.1. The van der Waals surface area contributed by atoms with E-state index in [0.717, 1.165) is 22.6 Å². The van der Waals surface area contributed by atoms with Crippen molar-refractivity contribution >= 4 is 11.6 Å². The van der Waals surface area contributed by atoms with Crippen LogP contribution in [-0.4, -0.2) is 54.6 Å². The number of morpholine rings is 1. The predicted molar refractivity (Wildman–Crippen MR) is 96.5 cm³/mol. The summed E-state index contributed by atoms with van der Waals surface area (Å²) in [5.41, 5.74) is 3.84. The van der Waals surface area contributed by atoms with Crippen molar-refractivity contribution in [1.29, 1.82) is 0 Å². The lowest BCUT2D eigenvalue weighted by Gasteiger charge is -2.33. The monoisotopic (exact) mass is 340 g/mol. The summed E-state index contributed by atoms with van der Waals surface area (Å²) >= 11 is 0. The zero-order valence-corrected chi connectivity index (χ0v) is 15.0. The largest absolute Gasteiger partial charge is 0.378 e. The number of hydrogen-bond acceptors (Lipinski definition) is 5. The first-order valence-electron chi connectivity index (χ1n) is 8.47. The van der Waals surface area contributed by atoms with Crippen molar-refractivity contribution in [3.8, 4) is 0 Å². The molecule has 1 saturated heterocycles. The third-order valence-corrected chi connectivity index (χ3v) is 4.30. The van der Waals surface area contributed by atoms with Crippen LogP contribution >= 0.6 is 0 Å². The normalized spacial score (nSPS) is 17.4. The number of anilines is 1. The molecule has 0 saturated carbocycles. The summed E-state index contributed by atoms with van der Waals surface area (Å²) in [4.78, 5) is 25.2. The fourth-order valence-electron chi connectivity index (χ4n) is 2.94. The minimum absolute atomic E-state index is 0.0989. The summed E-state index contributed by atoms with van der Waals surface area (Å²) in [6, 6.07) is 7.85. The van der Waals surface area contributed by atoms with E-state index in [-0.39, 0.29) is 12.0 Å². The first-order valence-corrected chi connectivity index (χ1v) is 8.47. The van der Waals surface area contributed by atoms with Crippen molar-refractivity contribution in [3.05, 3.63) is 53.6 Å². The number of carbonyl (C=O) groups excluding carboxylic acids is 1. The predicted octanol–water partition coefficient (Wildman–Crippen LogP) is 1.99. The molecule has 3 rings (SSSR count). The average molecular weight is 340 g/mol. The Morgan fingerprint density at radius 2 is 2.24 bits per heavy atom. The number of aryl methyl sites for hydroxylation is 1. The van der Waals surface area contributed by atoms with Gasteiger partial charge >= 0.3 is 0 Å². The maximum absolute atomic E-state index is 12.6. The number of amides is 1. The van der Waals surface area contributed by atoms with Crippen molar-refractivity contribution < 1.29 is 9.53 Å². The minimum Gasteiger partial charge on any atom is -0.378 e. The fourth-order valence-corrected chi connectivity index (χ4v) is 2.94.